The fourth-order valence-corrected chi connectivity index (χ4v) is 6.56. The zero-order valence-corrected chi connectivity index (χ0v) is 25.1. The smallest absolute Gasteiger partial charge is 0.318 e. The van der Waals surface area contributed by atoms with Gasteiger partial charge in [-0.05, 0) is 77.6 Å². The highest BCUT2D eigenvalue weighted by molar-refractivity contribution is 6.51. The Morgan fingerprint density at radius 3 is 1.86 bits per heavy atom. The van der Waals surface area contributed by atoms with Crippen molar-refractivity contribution >= 4 is 17.5 Å². The molecule has 0 spiro atoms. The molecule has 0 heterocycles. The van der Waals surface area contributed by atoms with Gasteiger partial charge in [-0.3, -0.25) is 4.79 Å². The van der Waals surface area contributed by atoms with Gasteiger partial charge in [0.25, 0.3) is 0 Å². The molecule has 6 rings (SSSR count). The summed E-state index contributed by atoms with van der Waals surface area (Å²) in [7, 11) is 0. The summed E-state index contributed by atoms with van der Waals surface area (Å²) in [5, 5.41) is 4.07. The van der Waals surface area contributed by atoms with Crippen molar-refractivity contribution in [2.75, 3.05) is 0 Å². The first-order chi connectivity index (χ1) is 21.5. The van der Waals surface area contributed by atoms with Crippen LogP contribution in [0.25, 0.3) is 11.1 Å². The Balaban J connectivity index is 1.48. The van der Waals surface area contributed by atoms with Gasteiger partial charge < -0.3 is 4.84 Å². The number of fused-ring (bicyclic) bond motifs is 3. The van der Waals surface area contributed by atoms with Gasteiger partial charge in [-0.1, -0.05) is 126 Å². The summed E-state index contributed by atoms with van der Waals surface area (Å²) in [6.45, 7) is 3.20. The fourth-order valence-electron chi connectivity index (χ4n) is 6.56. The number of benzene rings is 5. The summed E-state index contributed by atoms with van der Waals surface area (Å²) in [4.78, 5) is 31.0. The minimum absolute atomic E-state index is 0.118. The molecule has 5 aromatic rings. The van der Waals surface area contributed by atoms with E-state index in [2.05, 4.69) is 102 Å². The summed E-state index contributed by atoms with van der Waals surface area (Å²) >= 11 is 0. The van der Waals surface area contributed by atoms with Crippen molar-refractivity contribution in [3.8, 4) is 11.1 Å². The molecule has 0 amide bonds. The molecule has 0 bridgehead atoms. The minimum Gasteiger partial charge on any atom is -0.318 e. The second-order valence-corrected chi connectivity index (χ2v) is 11.5. The van der Waals surface area contributed by atoms with Crippen molar-refractivity contribution in [1.29, 1.82) is 0 Å². The average molecular weight is 578 g/mol. The van der Waals surface area contributed by atoms with E-state index < -0.39 is 5.97 Å². The van der Waals surface area contributed by atoms with Crippen LogP contribution in [0, 0.1) is 6.92 Å². The second kappa shape index (κ2) is 12.6. The highest BCUT2D eigenvalue weighted by Crippen LogP contribution is 2.54. The van der Waals surface area contributed by atoms with Gasteiger partial charge in [-0.15, -0.1) is 0 Å². The zero-order chi connectivity index (χ0) is 30.5. The lowest BCUT2D eigenvalue weighted by atomic mass is 9.70. The van der Waals surface area contributed by atoms with E-state index in [4.69, 9.17) is 4.84 Å². The van der Waals surface area contributed by atoms with Crippen molar-refractivity contribution in [1.82, 2.24) is 0 Å². The van der Waals surface area contributed by atoms with Crippen LogP contribution in [-0.4, -0.2) is 17.5 Å². The predicted octanol–water partition coefficient (Wildman–Crippen LogP) is 8.68. The fraction of sp³-hybridized carbons (Fsp3) is 0.175. The van der Waals surface area contributed by atoms with Gasteiger partial charge in [0.2, 0.25) is 5.78 Å². The van der Waals surface area contributed by atoms with Gasteiger partial charge in [-0.25, -0.2) is 4.79 Å². The summed E-state index contributed by atoms with van der Waals surface area (Å²) < 4.78 is 0. The summed E-state index contributed by atoms with van der Waals surface area (Å²) in [5.41, 5.74) is 9.28. The van der Waals surface area contributed by atoms with Crippen LogP contribution in [0.4, 0.5) is 0 Å². The first kappa shape index (κ1) is 29.0. The number of rotatable bonds is 10. The van der Waals surface area contributed by atoms with E-state index in [1.807, 2.05) is 37.3 Å². The molecular formula is C40H35NO3. The van der Waals surface area contributed by atoms with E-state index in [-0.39, 0.29) is 16.9 Å². The molecular weight excluding hydrogens is 542 g/mol. The van der Waals surface area contributed by atoms with Crippen LogP contribution in [0.3, 0.4) is 0 Å². The number of oxime groups is 1. The minimum atomic E-state index is -0.575. The van der Waals surface area contributed by atoms with E-state index in [1.165, 1.54) is 29.2 Å². The first-order valence-corrected chi connectivity index (χ1v) is 15.1. The molecule has 0 saturated carbocycles. The molecule has 0 radical (unpaired) electrons. The van der Waals surface area contributed by atoms with Crippen LogP contribution in [0.5, 0.6) is 0 Å². The number of hydrogen-bond acceptors (Lipinski definition) is 4. The van der Waals surface area contributed by atoms with E-state index in [0.29, 0.717) is 11.1 Å². The third kappa shape index (κ3) is 5.76. The number of hydrogen-bond donors (Lipinski definition) is 0. The van der Waals surface area contributed by atoms with Crippen LogP contribution >= 0.6 is 0 Å². The van der Waals surface area contributed by atoms with Gasteiger partial charge in [0.05, 0.1) is 0 Å². The summed E-state index contributed by atoms with van der Waals surface area (Å²) in [6.07, 6.45) is 3.61. The van der Waals surface area contributed by atoms with E-state index >= 15 is 0 Å². The number of Topliss-reactive ketones (excluding diaryl/α,β-unsaturated/α-hetero) is 1. The van der Waals surface area contributed by atoms with E-state index in [9.17, 15) is 9.59 Å². The summed E-state index contributed by atoms with van der Waals surface area (Å²) in [5.74, 6) is -0.853. The second-order valence-electron chi connectivity index (χ2n) is 11.5. The first-order valence-electron chi connectivity index (χ1n) is 15.1. The van der Waals surface area contributed by atoms with Crippen molar-refractivity contribution in [2.24, 2.45) is 5.16 Å². The highest BCUT2D eigenvalue weighted by Gasteiger charge is 2.43. The number of ketones is 1. The van der Waals surface area contributed by atoms with Crippen LogP contribution in [0.2, 0.25) is 0 Å². The normalized spacial score (nSPS) is 13.2. The maximum absolute atomic E-state index is 14.2. The molecule has 0 unspecified atom stereocenters. The SMILES string of the molecule is CC(=O)O/N=C(/C(=O)c1ccc2c(c1)C(CCc1ccccc1)(CCc1ccccc1)c1ccccc1-2)c1ccccc1C. The lowest BCUT2D eigenvalue weighted by molar-refractivity contribution is -0.140. The van der Waals surface area contributed by atoms with Gasteiger partial charge in [-0.2, -0.15) is 0 Å². The van der Waals surface area contributed by atoms with Gasteiger partial charge in [0, 0.05) is 23.5 Å². The number of aryl methyl sites for hydroxylation is 3. The standard InChI is InChI=1S/C40H35NO3/c1-28-13-9-10-18-33(28)38(41-44-29(2)42)39(43)32-21-22-35-34-19-11-12-20-36(34)40(37(35)27-32,25-23-30-14-5-3-6-15-30)26-24-31-16-7-4-8-17-31/h3-22,27H,23-26H2,1-2H3/b41-38+. The number of carbonyl (C=O) groups is 2. The molecule has 0 atom stereocenters. The molecule has 5 aromatic carbocycles. The third-order valence-corrected chi connectivity index (χ3v) is 8.78. The molecule has 1 aliphatic rings. The number of carbonyl (C=O) groups excluding carboxylic acids is 2. The Morgan fingerprint density at radius 1 is 0.659 bits per heavy atom. The van der Waals surface area contributed by atoms with Crippen molar-refractivity contribution in [2.45, 2.75) is 44.9 Å². The molecule has 4 heteroatoms. The van der Waals surface area contributed by atoms with Crippen LogP contribution in [0.1, 0.15) is 63.5 Å². The van der Waals surface area contributed by atoms with Gasteiger partial charge in [0.15, 0.2) is 5.71 Å². The maximum atomic E-state index is 14.2. The molecule has 1 aliphatic carbocycles. The lowest BCUT2D eigenvalue weighted by Gasteiger charge is -2.33. The molecule has 218 valence electrons. The Labute approximate surface area is 259 Å². The van der Waals surface area contributed by atoms with E-state index in [1.54, 1.807) is 0 Å². The summed E-state index contributed by atoms with van der Waals surface area (Å²) in [6, 6.07) is 43.4. The van der Waals surface area contributed by atoms with Gasteiger partial charge >= 0.3 is 5.97 Å². The quantitative estimate of drug-likeness (QED) is 0.0722. The van der Waals surface area contributed by atoms with Crippen LogP contribution in [-0.2, 0) is 27.9 Å². The molecule has 0 fully saturated rings. The monoisotopic (exact) mass is 577 g/mol. The molecule has 44 heavy (non-hydrogen) atoms. The average Bonchev–Trinajstić information content (AvgIpc) is 3.33. The molecule has 4 nitrogen and oxygen atoms in total. The maximum Gasteiger partial charge on any atom is 0.332 e. The van der Waals surface area contributed by atoms with Crippen molar-refractivity contribution in [3.05, 3.63) is 166 Å². The molecule has 0 N–H and O–H groups in total. The lowest BCUT2D eigenvalue weighted by Crippen LogP contribution is -2.28. The highest BCUT2D eigenvalue weighted by atomic mass is 16.7. The number of nitrogens with zero attached hydrogens (tertiary/aromatic N) is 1. The largest absolute Gasteiger partial charge is 0.332 e. The van der Waals surface area contributed by atoms with Gasteiger partial charge in [0.1, 0.15) is 0 Å². The van der Waals surface area contributed by atoms with Crippen molar-refractivity contribution in [3.63, 3.8) is 0 Å². The van der Waals surface area contributed by atoms with Crippen molar-refractivity contribution < 1.29 is 14.4 Å². The Kier molecular flexibility index (Phi) is 8.33. The van der Waals surface area contributed by atoms with Crippen LogP contribution < -0.4 is 0 Å². The topological polar surface area (TPSA) is 55.7 Å². The van der Waals surface area contributed by atoms with Crippen LogP contribution in [0.15, 0.2) is 133 Å². The zero-order valence-electron chi connectivity index (χ0n) is 25.1. The Hall–Kier alpha value is -5.09. The molecule has 0 aromatic heterocycles. The molecule has 0 aliphatic heterocycles. The Morgan fingerprint density at radius 2 is 1.23 bits per heavy atom. The molecule has 0 saturated heterocycles. The predicted molar refractivity (Wildman–Crippen MR) is 176 cm³/mol. The van der Waals surface area contributed by atoms with E-state index in [0.717, 1.165) is 42.4 Å². The third-order valence-electron chi connectivity index (χ3n) is 8.78. The Bertz CT molecular complexity index is 1800.